The first-order valence-electron chi connectivity index (χ1n) is 9.95. The van der Waals surface area contributed by atoms with E-state index < -0.39 is 0 Å². The number of nitrogens with one attached hydrogen (secondary N) is 1. The fourth-order valence-electron chi connectivity index (χ4n) is 3.47. The second-order valence-electron chi connectivity index (χ2n) is 7.14. The van der Waals surface area contributed by atoms with Gasteiger partial charge in [-0.05, 0) is 29.8 Å². The molecule has 4 aromatic rings. The zero-order valence-corrected chi connectivity index (χ0v) is 18.5. The molecular formula is C24H19Cl2N5O. The van der Waals surface area contributed by atoms with Gasteiger partial charge in [0, 0.05) is 51.4 Å². The van der Waals surface area contributed by atoms with E-state index in [1.165, 1.54) is 6.08 Å². The number of halogens is 2. The van der Waals surface area contributed by atoms with Gasteiger partial charge in [0.2, 0.25) is 5.91 Å². The summed E-state index contributed by atoms with van der Waals surface area (Å²) in [7, 11) is 0. The van der Waals surface area contributed by atoms with Crippen molar-refractivity contribution in [1.82, 2.24) is 14.3 Å². The Bertz CT molecular complexity index is 1350. The molecule has 0 radical (unpaired) electrons. The first-order valence-corrected chi connectivity index (χ1v) is 10.7. The largest absolute Gasteiger partial charge is 0.346 e. The highest BCUT2D eigenvalue weighted by molar-refractivity contribution is 6.35. The molecule has 8 heteroatoms. The number of fused-ring (bicyclic) bond motifs is 1. The molecule has 0 saturated heterocycles. The van der Waals surface area contributed by atoms with Crippen LogP contribution in [0, 0.1) is 11.3 Å². The Morgan fingerprint density at radius 3 is 2.84 bits per heavy atom. The third-order valence-corrected chi connectivity index (χ3v) is 5.59. The maximum atomic E-state index is 12.6. The number of carbonyl (C=O) groups is 1. The number of aromatic nitrogens is 3. The number of hydrogen-bond donors (Lipinski definition) is 1. The number of rotatable bonds is 7. The average Bonchev–Trinajstić information content (AvgIpc) is 3.37. The van der Waals surface area contributed by atoms with Crippen LogP contribution in [0.3, 0.4) is 0 Å². The molecule has 2 heterocycles. The molecule has 4 rings (SSSR count). The Morgan fingerprint density at radius 2 is 2.03 bits per heavy atom. The number of benzene rings is 2. The van der Waals surface area contributed by atoms with Crippen LogP contribution in [0.5, 0.6) is 0 Å². The lowest BCUT2D eigenvalue weighted by Crippen LogP contribution is -2.14. The lowest BCUT2D eigenvalue weighted by atomic mass is 10.1. The first kappa shape index (κ1) is 21.7. The number of aryl methyl sites for hydroxylation is 1. The molecule has 0 aliphatic carbocycles. The van der Waals surface area contributed by atoms with Crippen molar-refractivity contribution in [3.8, 4) is 6.07 Å². The average molecular weight is 464 g/mol. The van der Waals surface area contributed by atoms with Crippen LogP contribution in [0.25, 0.3) is 17.0 Å². The monoisotopic (exact) mass is 463 g/mol. The van der Waals surface area contributed by atoms with Gasteiger partial charge < -0.3 is 9.88 Å². The summed E-state index contributed by atoms with van der Waals surface area (Å²) in [6.45, 7) is 0.998. The first-order chi connectivity index (χ1) is 15.5. The lowest BCUT2D eigenvalue weighted by molar-refractivity contribution is -0.111. The Hall–Kier alpha value is -3.53. The van der Waals surface area contributed by atoms with Crippen LogP contribution in [0.15, 0.2) is 67.0 Å². The van der Waals surface area contributed by atoms with Gasteiger partial charge in [-0.2, -0.15) is 10.4 Å². The minimum absolute atomic E-state index is 0.275. The SMILES string of the molecule is N#CCCn1cc(C=CC(=O)Nc2ccnn2Cc2ccc(Cl)cc2Cl)c2ccccc21. The Morgan fingerprint density at radius 1 is 1.19 bits per heavy atom. The molecule has 0 atom stereocenters. The normalized spacial score (nSPS) is 11.2. The molecule has 0 spiro atoms. The van der Waals surface area contributed by atoms with E-state index in [4.69, 9.17) is 28.5 Å². The van der Waals surface area contributed by atoms with Gasteiger partial charge in [-0.3, -0.25) is 4.79 Å². The second kappa shape index (κ2) is 9.73. The molecule has 0 fully saturated rings. The van der Waals surface area contributed by atoms with Crippen LogP contribution in [0.2, 0.25) is 10.0 Å². The van der Waals surface area contributed by atoms with Gasteiger partial charge >= 0.3 is 0 Å². The fraction of sp³-hybridized carbons (Fsp3) is 0.125. The van der Waals surface area contributed by atoms with Crippen LogP contribution in [-0.2, 0) is 17.9 Å². The number of carbonyl (C=O) groups excluding carboxylic acids is 1. The van der Waals surface area contributed by atoms with Gasteiger partial charge in [0.15, 0.2) is 0 Å². The molecule has 6 nitrogen and oxygen atoms in total. The van der Waals surface area contributed by atoms with Crippen molar-refractivity contribution in [2.24, 2.45) is 0 Å². The number of anilines is 1. The second-order valence-corrected chi connectivity index (χ2v) is 7.98. The minimum atomic E-state index is -0.275. The molecule has 0 saturated carbocycles. The lowest BCUT2D eigenvalue weighted by Gasteiger charge is -2.09. The molecule has 0 unspecified atom stereocenters. The molecule has 2 aromatic carbocycles. The van der Waals surface area contributed by atoms with E-state index in [1.807, 2.05) is 41.1 Å². The molecule has 32 heavy (non-hydrogen) atoms. The van der Waals surface area contributed by atoms with Crippen molar-refractivity contribution in [2.45, 2.75) is 19.5 Å². The Kier molecular flexibility index (Phi) is 6.60. The van der Waals surface area contributed by atoms with Gasteiger partial charge in [-0.25, -0.2) is 4.68 Å². The predicted octanol–water partition coefficient (Wildman–Crippen LogP) is 5.76. The van der Waals surface area contributed by atoms with Crippen LogP contribution in [0.4, 0.5) is 5.82 Å². The van der Waals surface area contributed by atoms with E-state index in [1.54, 1.807) is 35.2 Å². The number of amides is 1. The molecular weight excluding hydrogens is 445 g/mol. The highest BCUT2D eigenvalue weighted by Crippen LogP contribution is 2.24. The molecule has 160 valence electrons. The zero-order valence-electron chi connectivity index (χ0n) is 17.0. The minimum Gasteiger partial charge on any atom is -0.346 e. The van der Waals surface area contributed by atoms with Crippen LogP contribution in [0.1, 0.15) is 17.5 Å². The maximum absolute atomic E-state index is 12.6. The van der Waals surface area contributed by atoms with Crippen molar-refractivity contribution in [3.63, 3.8) is 0 Å². The van der Waals surface area contributed by atoms with E-state index in [0.717, 1.165) is 22.0 Å². The number of nitrogens with zero attached hydrogens (tertiary/aromatic N) is 4. The molecule has 0 aliphatic heterocycles. The van der Waals surface area contributed by atoms with Crippen molar-refractivity contribution < 1.29 is 4.79 Å². The summed E-state index contributed by atoms with van der Waals surface area (Å²) in [4.78, 5) is 12.6. The van der Waals surface area contributed by atoms with E-state index in [2.05, 4.69) is 16.5 Å². The predicted molar refractivity (Wildman–Crippen MR) is 128 cm³/mol. The fourth-order valence-corrected chi connectivity index (χ4v) is 3.94. The summed E-state index contributed by atoms with van der Waals surface area (Å²) < 4.78 is 3.69. The van der Waals surface area contributed by atoms with Crippen LogP contribution < -0.4 is 5.32 Å². The summed E-state index contributed by atoms with van der Waals surface area (Å²) in [6, 6.07) is 17.1. The van der Waals surface area contributed by atoms with Crippen molar-refractivity contribution in [1.29, 1.82) is 5.26 Å². The Labute approximate surface area is 195 Å². The number of nitriles is 1. The standard InChI is InChI=1S/C24H19Cl2N5O/c25-19-8-6-18(21(26)14-19)16-31-23(10-12-28-31)29-24(32)9-7-17-15-30(13-3-11-27)22-5-2-1-4-20(17)22/h1-2,4-10,12,14-15H,3,13,16H2,(H,29,32). The van der Waals surface area contributed by atoms with Crippen molar-refractivity contribution in [2.75, 3.05) is 5.32 Å². The zero-order chi connectivity index (χ0) is 22.5. The highest BCUT2D eigenvalue weighted by Gasteiger charge is 2.10. The molecule has 1 N–H and O–H groups in total. The smallest absolute Gasteiger partial charge is 0.249 e. The van der Waals surface area contributed by atoms with Gasteiger partial charge in [0.25, 0.3) is 0 Å². The highest BCUT2D eigenvalue weighted by atomic mass is 35.5. The van der Waals surface area contributed by atoms with Gasteiger partial charge in [-0.1, -0.05) is 47.5 Å². The van der Waals surface area contributed by atoms with Crippen LogP contribution in [-0.4, -0.2) is 20.3 Å². The van der Waals surface area contributed by atoms with E-state index in [0.29, 0.717) is 35.4 Å². The van der Waals surface area contributed by atoms with E-state index >= 15 is 0 Å². The third kappa shape index (κ3) is 4.86. The van der Waals surface area contributed by atoms with E-state index in [9.17, 15) is 4.79 Å². The Balaban J connectivity index is 1.49. The van der Waals surface area contributed by atoms with Gasteiger partial charge in [0.1, 0.15) is 5.82 Å². The summed E-state index contributed by atoms with van der Waals surface area (Å²) in [5, 5.41) is 18.2. The quantitative estimate of drug-likeness (QED) is 0.354. The molecule has 2 aromatic heterocycles. The summed E-state index contributed by atoms with van der Waals surface area (Å²) in [6.07, 6.45) is 7.26. The van der Waals surface area contributed by atoms with Gasteiger partial charge in [0.05, 0.1) is 25.2 Å². The summed E-state index contributed by atoms with van der Waals surface area (Å²) in [5.74, 6) is 0.282. The number of hydrogen-bond acceptors (Lipinski definition) is 3. The third-order valence-electron chi connectivity index (χ3n) is 5.00. The maximum Gasteiger partial charge on any atom is 0.249 e. The summed E-state index contributed by atoms with van der Waals surface area (Å²) in [5.41, 5.74) is 2.78. The molecule has 0 bridgehead atoms. The topological polar surface area (TPSA) is 75.6 Å². The van der Waals surface area contributed by atoms with E-state index in [-0.39, 0.29) is 5.91 Å². The van der Waals surface area contributed by atoms with Crippen molar-refractivity contribution in [3.05, 3.63) is 88.2 Å². The number of para-hydroxylation sites is 1. The molecule has 1 amide bonds. The van der Waals surface area contributed by atoms with Crippen molar-refractivity contribution >= 4 is 51.9 Å². The molecule has 0 aliphatic rings. The van der Waals surface area contributed by atoms with Crippen LogP contribution >= 0.6 is 23.2 Å². The summed E-state index contributed by atoms with van der Waals surface area (Å²) >= 11 is 12.2. The van der Waals surface area contributed by atoms with Gasteiger partial charge in [-0.15, -0.1) is 0 Å².